The average molecular weight is 292 g/mol. The maximum atomic E-state index is 13.6. The summed E-state index contributed by atoms with van der Waals surface area (Å²) < 4.78 is 19.0. The summed E-state index contributed by atoms with van der Waals surface area (Å²) in [5, 5.41) is 0. The van der Waals surface area contributed by atoms with Crippen LogP contribution in [0, 0.1) is 18.2 Å². The van der Waals surface area contributed by atoms with Gasteiger partial charge in [-0.15, -0.1) is 0 Å². The molecule has 1 fully saturated rings. The lowest BCUT2D eigenvalue weighted by molar-refractivity contribution is 0.0285. The predicted molar refractivity (Wildman–Crippen MR) is 82.2 cm³/mol. The zero-order valence-corrected chi connectivity index (χ0v) is 13.5. The first kappa shape index (κ1) is 16.2. The Bertz CT molecular complexity index is 528. The van der Waals surface area contributed by atoms with Gasteiger partial charge in [-0.3, -0.25) is 4.79 Å². The molecule has 2 aliphatic rings. The van der Waals surface area contributed by atoms with Gasteiger partial charge in [-0.05, 0) is 62.3 Å². The summed E-state index contributed by atoms with van der Waals surface area (Å²) in [4.78, 5) is 12.7. The third-order valence-corrected chi connectivity index (χ3v) is 4.86. The number of fused-ring (bicyclic) bond motifs is 1. The van der Waals surface area contributed by atoms with Crippen LogP contribution in [-0.2, 0) is 11.2 Å². The molecule has 1 aromatic rings. The van der Waals surface area contributed by atoms with Gasteiger partial charge in [0.25, 0.3) is 0 Å². The minimum Gasteiger partial charge on any atom is -0.381 e. The van der Waals surface area contributed by atoms with Crippen molar-refractivity contribution in [3.05, 3.63) is 34.6 Å². The first-order valence-corrected chi connectivity index (χ1v) is 7.92. The van der Waals surface area contributed by atoms with Gasteiger partial charge in [-0.25, -0.2) is 4.39 Å². The van der Waals surface area contributed by atoms with Crippen molar-refractivity contribution in [1.82, 2.24) is 0 Å². The average Bonchev–Trinajstić information content (AvgIpc) is 2.76. The minimum atomic E-state index is -0.280. The highest BCUT2D eigenvalue weighted by molar-refractivity contribution is 6.05. The fourth-order valence-corrected chi connectivity index (χ4v) is 3.59. The standard InChI is InChI=1S/C16H19FO2.C2H6/c1-10-7-13-11(8-14(10)17)9-16(15(13)18)5-3-12(19-2)4-6-16;1-2/h7-8,12H,3-6,9H2,1-2H3;1-2H3. The molecule has 0 radical (unpaired) electrons. The Labute approximate surface area is 126 Å². The number of rotatable bonds is 1. The molecule has 0 heterocycles. The molecule has 1 spiro atoms. The molecule has 116 valence electrons. The molecule has 0 amide bonds. The Kier molecular flexibility index (Phi) is 4.82. The number of carbonyl (C=O) groups is 1. The lowest BCUT2D eigenvalue weighted by Gasteiger charge is -2.35. The van der Waals surface area contributed by atoms with Gasteiger partial charge in [-0.1, -0.05) is 13.8 Å². The summed E-state index contributed by atoms with van der Waals surface area (Å²) in [6.45, 7) is 5.72. The third kappa shape index (κ3) is 2.76. The third-order valence-electron chi connectivity index (χ3n) is 4.86. The number of hydrogen-bond donors (Lipinski definition) is 0. The molecule has 3 heteroatoms. The number of Topliss-reactive ketones (excluding diaryl/α,β-unsaturated/α-hetero) is 1. The van der Waals surface area contributed by atoms with E-state index in [0.717, 1.165) is 36.8 Å². The van der Waals surface area contributed by atoms with Gasteiger partial charge in [-0.2, -0.15) is 0 Å². The SMILES string of the molecule is CC.COC1CCC2(CC1)Cc1cc(F)c(C)cc1C2=O. The molecular weight excluding hydrogens is 267 g/mol. The Balaban J connectivity index is 0.000000774. The van der Waals surface area contributed by atoms with Gasteiger partial charge in [0.2, 0.25) is 0 Å². The highest BCUT2D eigenvalue weighted by atomic mass is 19.1. The van der Waals surface area contributed by atoms with Crippen LogP contribution in [0.2, 0.25) is 0 Å². The van der Waals surface area contributed by atoms with E-state index in [1.54, 1.807) is 26.2 Å². The van der Waals surface area contributed by atoms with Crippen LogP contribution in [0.5, 0.6) is 0 Å². The number of benzene rings is 1. The number of carbonyl (C=O) groups excluding carboxylic acids is 1. The Morgan fingerprint density at radius 3 is 2.43 bits per heavy atom. The maximum absolute atomic E-state index is 13.6. The molecule has 2 nitrogen and oxygen atoms in total. The van der Waals surface area contributed by atoms with E-state index in [0.29, 0.717) is 12.0 Å². The minimum absolute atomic E-state index is 0.200. The van der Waals surface area contributed by atoms with Crippen LogP contribution in [0.25, 0.3) is 0 Å². The molecule has 0 saturated heterocycles. The van der Waals surface area contributed by atoms with Crippen LogP contribution in [-0.4, -0.2) is 19.0 Å². The fourth-order valence-electron chi connectivity index (χ4n) is 3.59. The van der Waals surface area contributed by atoms with Crippen molar-refractivity contribution in [1.29, 1.82) is 0 Å². The van der Waals surface area contributed by atoms with Crippen molar-refractivity contribution in [2.24, 2.45) is 5.41 Å². The second-order valence-electron chi connectivity index (χ2n) is 5.98. The lowest BCUT2D eigenvalue weighted by atomic mass is 9.70. The second-order valence-corrected chi connectivity index (χ2v) is 5.98. The van der Waals surface area contributed by atoms with Crippen LogP contribution in [0.4, 0.5) is 4.39 Å². The van der Waals surface area contributed by atoms with Crippen LogP contribution in [0.15, 0.2) is 12.1 Å². The molecule has 3 rings (SSSR count). The summed E-state index contributed by atoms with van der Waals surface area (Å²) in [6.07, 6.45) is 4.56. The van der Waals surface area contributed by atoms with Crippen molar-refractivity contribution in [3.63, 3.8) is 0 Å². The van der Waals surface area contributed by atoms with Gasteiger partial charge in [0.05, 0.1) is 6.10 Å². The monoisotopic (exact) mass is 292 g/mol. The van der Waals surface area contributed by atoms with E-state index < -0.39 is 0 Å². The van der Waals surface area contributed by atoms with E-state index in [-0.39, 0.29) is 23.1 Å². The Hall–Kier alpha value is -1.22. The largest absolute Gasteiger partial charge is 0.381 e. The zero-order valence-electron chi connectivity index (χ0n) is 13.5. The number of ketones is 1. The lowest BCUT2D eigenvalue weighted by Crippen LogP contribution is -2.35. The Morgan fingerprint density at radius 2 is 1.86 bits per heavy atom. The number of aryl methyl sites for hydroxylation is 1. The molecule has 0 aromatic heterocycles. The van der Waals surface area contributed by atoms with Crippen molar-refractivity contribution in [2.75, 3.05) is 7.11 Å². The van der Waals surface area contributed by atoms with Gasteiger partial charge < -0.3 is 4.74 Å². The molecule has 2 aliphatic carbocycles. The van der Waals surface area contributed by atoms with Crippen LogP contribution >= 0.6 is 0 Å². The fraction of sp³-hybridized carbons (Fsp3) is 0.611. The number of hydrogen-bond acceptors (Lipinski definition) is 2. The molecular formula is C18H25FO2. The van der Waals surface area contributed by atoms with E-state index in [2.05, 4.69) is 0 Å². The topological polar surface area (TPSA) is 26.3 Å². The van der Waals surface area contributed by atoms with E-state index in [4.69, 9.17) is 4.74 Å². The van der Waals surface area contributed by atoms with E-state index in [1.807, 2.05) is 13.8 Å². The number of methoxy groups -OCH3 is 1. The van der Waals surface area contributed by atoms with E-state index in [1.165, 1.54) is 0 Å². The van der Waals surface area contributed by atoms with Crippen molar-refractivity contribution >= 4 is 5.78 Å². The van der Waals surface area contributed by atoms with Crippen molar-refractivity contribution in [3.8, 4) is 0 Å². The Morgan fingerprint density at radius 1 is 1.24 bits per heavy atom. The summed E-state index contributed by atoms with van der Waals surface area (Å²) in [6, 6.07) is 3.28. The van der Waals surface area contributed by atoms with Gasteiger partial charge in [0, 0.05) is 18.1 Å². The first-order chi connectivity index (χ1) is 10.1. The normalized spacial score (nSPS) is 27.3. The van der Waals surface area contributed by atoms with Gasteiger partial charge in [0.1, 0.15) is 5.82 Å². The quantitative estimate of drug-likeness (QED) is 0.763. The van der Waals surface area contributed by atoms with Gasteiger partial charge >= 0.3 is 0 Å². The van der Waals surface area contributed by atoms with E-state index in [9.17, 15) is 9.18 Å². The summed E-state index contributed by atoms with van der Waals surface area (Å²) in [7, 11) is 1.73. The second kappa shape index (κ2) is 6.27. The van der Waals surface area contributed by atoms with Crippen LogP contribution in [0.1, 0.15) is 61.0 Å². The highest BCUT2D eigenvalue weighted by Gasteiger charge is 2.47. The predicted octanol–water partition coefficient (Wildman–Crippen LogP) is 4.47. The molecule has 0 aliphatic heterocycles. The maximum Gasteiger partial charge on any atom is 0.169 e. The van der Waals surface area contributed by atoms with Crippen molar-refractivity contribution < 1.29 is 13.9 Å². The van der Waals surface area contributed by atoms with Gasteiger partial charge in [0.15, 0.2) is 5.78 Å². The molecule has 1 aromatic carbocycles. The smallest absolute Gasteiger partial charge is 0.169 e. The highest BCUT2D eigenvalue weighted by Crippen LogP contribution is 2.47. The van der Waals surface area contributed by atoms with E-state index >= 15 is 0 Å². The number of halogens is 1. The molecule has 21 heavy (non-hydrogen) atoms. The van der Waals surface area contributed by atoms with Crippen molar-refractivity contribution in [2.45, 2.75) is 59.0 Å². The van der Waals surface area contributed by atoms with Crippen LogP contribution in [0.3, 0.4) is 0 Å². The molecule has 0 atom stereocenters. The molecule has 0 unspecified atom stereocenters. The summed E-state index contributed by atoms with van der Waals surface area (Å²) >= 11 is 0. The summed E-state index contributed by atoms with van der Waals surface area (Å²) in [5.41, 5.74) is 1.92. The van der Waals surface area contributed by atoms with Crippen LogP contribution < -0.4 is 0 Å². The molecule has 0 N–H and O–H groups in total. The summed E-state index contributed by atoms with van der Waals surface area (Å²) in [5.74, 6) is 0.0225. The number of ether oxygens (including phenoxy) is 1. The zero-order chi connectivity index (χ0) is 15.6. The first-order valence-electron chi connectivity index (χ1n) is 7.92. The molecule has 0 bridgehead atoms. The molecule has 1 saturated carbocycles.